The summed E-state index contributed by atoms with van der Waals surface area (Å²) in [5.41, 5.74) is 1.56. The Bertz CT molecular complexity index is 708. The van der Waals surface area contributed by atoms with Gasteiger partial charge in [-0.25, -0.2) is 4.39 Å². The summed E-state index contributed by atoms with van der Waals surface area (Å²) in [6.45, 7) is 0.427. The first-order chi connectivity index (χ1) is 11.6. The van der Waals surface area contributed by atoms with Gasteiger partial charge in [-0.1, -0.05) is 0 Å². The Labute approximate surface area is 145 Å². The van der Waals surface area contributed by atoms with E-state index in [0.29, 0.717) is 34.6 Å². The maximum absolute atomic E-state index is 12.9. The first-order valence-corrected chi connectivity index (χ1v) is 7.58. The van der Waals surface area contributed by atoms with E-state index in [-0.39, 0.29) is 5.82 Å². The van der Waals surface area contributed by atoms with Crippen molar-refractivity contribution in [2.45, 2.75) is 6.54 Å². The fourth-order valence-electron chi connectivity index (χ4n) is 2.19. The van der Waals surface area contributed by atoms with E-state index in [1.54, 1.807) is 39.5 Å². The van der Waals surface area contributed by atoms with Crippen LogP contribution in [0, 0.1) is 5.82 Å². The standard InChI is InChI=1S/C17H19FN2O3S/c1-21-14-9-4-11(15(22-2)16(14)23-3)10-19-17(24)20-13-7-5-12(18)6-8-13/h4-9H,10H2,1-3H3,(H2,19,20,24). The Morgan fingerprint density at radius 3 is 2.21 bits per heavy atom. The predicted molar refractivity (Wildman–Crippen MR) is 95.6 cm³/mol. The molecule has 0 aliphatic carbocycles. The molecule has 0 atom stereocenters. The van der Waals surface area contributed by atoms with Crippen LogP contribution in [0.3, 0.4) is 0 Å². The SMILES string of the molecule is COc1ccc(CNC(=S)Nc2ccc(F)cc2)c(OC)c1OC. The topological polar surface area (TPSA) is 51.8 Å². The first-order valence-electron chi connectivity index (χ1n) is 7.17. The molecule has 0 aliphatic rings. The van der Waals surface area contributed by atoms with Crippen molar-refractivity contribution < 1.29 is 18.6 Å². The van der Waals surface area contributed by atoms with Crippen molar-refractivity contribution >= 4 is 23.0 Å². The van der Waals surface area contributed by atoms with Crippen molar-refractivity contribution in [2.75, 3.05) is 26.6 Å². The largest absolute Gasteiger partial charge is 0.493 e. The molecule has 0 spiro atoms. The molecule has 0 unspecified atom stereocenters. The van der Waals surface area contributed by atoms with Crippen molar-refractivity contribution in [1.82, 2.24) is 5.32 Å². The number of ether oxygens (including phenoxy) is 3. The Balaban J connectivity index is 2.05. The van der Waals surface area contributed by atoms with Crippen LogP contribution in [0.25, 0.3) is 0 Å². The summed E-state index contributed by atoms with van der Waals surface area (Å²) in [6.07, 6.45) is 0. The van der Waals surface area contributed by atoms with Crippen LogP contribution < -0.4 is 24.8 Å². The summed E-state index contributed by atoms with van der Waals surface area (Å²) < 4.78 is 28.9. The molecule has 0 bridgehead atoms. The molecule has 0 saturated heterocycles. The lowest BCUT2D eigenvalue weighted by Crippen LogP contribution is -2.28. The molecule has 128 valence electrons. The van der Waals surface area contributed by atoms with Gasteiger partial charge in [0.05, 0.1) is 21.3 Å². The van der Waals surface area contributed by atoms with Crippen LogP contribution in [-0.4, -0.2) is 26.4 Å². The molecule has 2 aromatic rings. The van der Waals surface area contributed by atoms with Crippen molar-refractivity contribution in [3.63, 3.8) is 0 Å². The van der Waals surface area contributed by atoms with Crippen molar-refractivity contribution in [1.29, 1.82) is 0 Å². The Kier molecular flexibility index (Phi) is 6.20. The van der Waals surface area contributed by atoms with Crippen LogP contribution in [0.5, 0.6) is 17.2 Å². The molecule has 0 radical (unpaired) electrons. The molecule has 0 heterocycles. The fraction of sp³-hybridized carbons (Fsp3) is 0.235. The van der Waals surface area contributed by atoms with Gasteiger partial charge in [-0.15, -0.1) is 0 Å². The van der Waals surface area contributed by atoms with Crippen molar-refractivity contribution in [3.05, 3.63) is 47.8 Å². The van der Waals surface area contributed by atoms with E-state index in [0.717, 1.165) is 5.56 Å². The maximum atomic E-state index is 12.9. The molecule has 0 aliphatic heterocycles. The number of rotatable bonds is 6. The highest BCUT2D eigenvalue weighted by Gasteiger charge is 2.15. The Morgan fingerprint density at radius 1 is 0.958 bits per heavy atom. The zero-order chi connectivity index (χ0) is 17.5. The molecule has 24 heavy (non-hydrogen) atoms. The molecule has 2 N–H and O–H groups in total. The molecule has 0 amide bonds. The molecule has 0 aromatic heterocycles. The Hall–Kier alpha value is -2.54. The summed E-state index contributed by atoms with van der Waals surface area (Å²) in [5.74, 6) is 1.39. The summed E-state index contributed by atoms with van der Waals surface area (Å²) in [7, 11) is 4.69. The van der Waals surface area contributed by atoms with Gasteiger partial charge in [0.15, 0.2) is 16.6 Å². The molecule has 0 fully saturated rings. The number of methoxy groups -OCH3 is 3. The highest BCUT2D eigenvalue weighted by Crippen LogP contribution is 2.39. The zero-order valence-corrected chi connectivity index (χ0v) is 14.5. The van der Waals surface area contributed by atoms with Crippen LogP contribution in [0.4, 0.5) is 10.1 Å². The minimum atomic E-state index is -0.297. The second-order valence-corrected chi connectivity index (χ2v) is 5.22. The number of halogens is 1. The second kappa shape index (κ2) is 8.35. The van der Waals surface area contributed by atoms with Gasteiger partial charge in [0.25, 0.3) is 0 Å². The lowest BCUT2D eigenvalue weighted by atomic mass is 10.1. The third kappa shape index (κ3) is 4.26. The molecular formula is C17H19FN2O3S. The lowest BCUT2D eigenvalue weighted by molar-refractivity contribution is 0.322. The van der Waals surface area contributed by atoms with Gasteiger partial charge in [-0.05, 0) is 48.6 Å². The monoisotopic (exact) mass is 350 g/mol. The smallest absolute Gasteiger partial charge is 0.203 e. The molecule has 2 aromatic carbocycles. The molecule has 0 saturated carbocycles. The van der Waals surface area contributed by atoms with Gasteiger partial charge >= 0.3 is 0 Å². The van der Waals surface area contributed by atoms with Gasteiger partial charge < -0.3 is 24.8 Å². The van der Waals surface area contributed by atoms with E-state index < -0.39 is 0 Å². The van der Waals surface area contributed by atoms with Crippen LogP contribution in [0.2, 0.25) is 0 Å². The van der Waals surface area contributed by atoms with Crippen LogP contribution in [-0.2, 0) is 6.54 Å². The minimum Gasteiger partial charge on any atom is -0.493 e. The number of thiocarbonyl (C=S) groups is 1. The highest BCUT2D eigenvalue weighted by molar-refractivity contribution is 7.80. The summed E-state index contributed by atoms with van der Waals surface area (Å²) >= 11 is 5.24. The van der Waals surface area contributed by atoms with Crippen molar-refractivity contribution in [3.8, 4) is 17.2 Å². The first kappa shape index (κ1) is 17.8. The third-order valence-electron chi connectivity index (χ3n) is 3.33. The van der Waals surface area contributed by atoms with E-state index in [4.69, 9.17) is 26.4 Å². The zero-order valence-electron chi connectivity index (χ0n) is 13.7. The Morgan fingerprint density at radius 2 is 1.62 bits per heavy atom. The summed E-state index contributed by atoms with van der Waals surface area (Å²) in [4.78, 5) is 0. The van der Waals surface area contributed by atoms with E-state index in [1.807, 2.05) is 6.07 Å². The molecule has 5 nitrogen and oxygen atoms in total. The minimum absolute atomic E-state index is 0.297. The van der Waals surface area contributed by atoms with Crippen molar-refractivity contribution in [2.24, 2.45) is 0 Å². The number of nitrogens with one attached hydrogen (secondary N) is 2. The molecule has 7 heteroatoms. The van der Waals surface area contributed by atoms with Gasteiger partial charge in [-0.2, -0.15) is 0 Å². The number of benzene rings is 2. The third-order valence-corrected chi connectivity index (χ3v) is 3.57. The lowest BCUT2D eigenvalue weighted by Gasteiger charge is -2.17. The average molecular weight is 350 g/mol. The maximum Gasteiger partial charge on any atom is 0.203 e. The number of hydrogen-bond acceptors (Lipinski definition) is 4. The molecule has 2 rings (SSSR count). The van der Waals surface area contributed by atoms with E-state index >= 15 is 0 Å². The van der Waals surface area contributed by atoms with Gasteiger partial charge in [0.2, 0.25) is 5.75 Å². The van der Waals surface area contributed by atoms with Gasteiger partial charge in [0, 0.05) is 17.8 Å². The van der Waals surface area contributed by atoms with Crippen LogP contribution in [0.15, 0.2) is 36.4 Å². The average Bonchev–Trinajstić information content (AvgIpc) is 2.60. The second-order valence-electron chi connectivity index (χ2n) is 4.81. The normalized spacial score (nSPS) is 10.0. The summed E-state index contributed by atoms with van der Waals surface area (Å²) in [5, 5.41) is 6.48. The van der Waals surface area contributed by atoms with E-state index in [2.05, 4.69) is 10.6 Å². The quantitative estimate of drug-likeness (QED) is 0.780. The van der Waals surface area contributed by atoms with E-state index in [9.17, 15) is 4.39 Å². The van der Waals surface area contributed by atoms with Crippen LogP contribution in [0.1, 0.15) is 5.56 Å². The summed E-state index contributed by atoms with van der Waals surface area (Å²) in [6, 6.07) is 9.62. The molecular weight excluding hydrogens is 331 g/mol. The van der Waals surface area contributed by atoms with Crippen LogP contribution >= 0.6 is 12.2 Å². The number of hydrogen-bond donors (Lipinski definition) is 2. The van der Waals surface area contributed by atoms with Gasteiger partial charge in [0.1, 0.15) is 5.82 Å². The predicted octanol–water partition coefficient (Wildman–Crippen LogP) is 3.34. The number of anilines is 1. The fourth-order valence-corrected chi connectivity index (χ4v) is 2.38. The van der Waals surface area contributed by atoms with Gasteiger partial charge in [-0.3, -0.25) is 0 Å². The highest BCUT2D eigenvalue weighted by atomic mass is 32.1. The van der Waals surface area contributed by atoms with E-state index in [1.165, 1.54) is 12.1 Å².